The average Bonchev–Trinajstić information content (AvgIpc) is 3.35. The number of amides is 1. The van der Waals surface area contributed by atoms with Gasteiger partial charge in [-0.25, -0.2) is 23.4 Å². The van der Waals surface area contributed by atoms with Crippen molar-refractivity contribution in [3.05, 3.63) is 72.1 Å². The molecule has 0 spiro atoms. The average molecular weight is 455 g/mol. The summed E-state index contributed by atoms with van der Waals surface area (Å²) in [6, 6.07) is 8.51. The summed E-state index contributed by atoms with van der Waals surface area (Å²) in [5, 5.41) is 3.03. The third-order valence-electron chi connectivity index (χ3n) is 5.49. The molecule has 1 fully saturated rings. The van der Waals surface area contributed by atoms with E-state index in [9.17, 15) is 13.2 Å². The molecule has 10 heteroatoms. The topological polar surface area (TPSA) is 110 Å². The molecule has 1 atom stereocenters. The third-order valence-corrected chi connectivity index (χ3v) is 6.11. The SMILES string of the molecule is O=C(NCc1ccc(C[SH](=O)=O)cc1)C(c1ccnc(-n2ccnc2)n1)N1CCCCC1. The lowest BCUT2D eigenvalue weighted by molar-refractivity contribution is -0.127. The van der Waals surface area contributed by atoms with Gasteiger partial charge in [0.1, 0.15) is 23.1 Å². The highest BCUT2D eigenvalue weighted by Gasteiger charge is 2.30. The van der Waals surface area contributed by atoms with E-state index in [1.165, 1.54) is 0 Å². The van der Waals surface area contributed by atoms with E-state index in [-0.39, 0.29) is 11.7 Å². The molecule has 1 aromatic carbocycles. The Morgan fingerprint density at radius 1 is 1.03 bits per heavy atom. The van der Waals surface area contributed by atoms with Crippen molar-refractivity contribution in [3.8, 4) is 5.95 Å². The van der Waals surface area contributed by atoms with Crippen LogP contribution in [0.2, 0.25) is 0 Å². The lowest BCUT2D eigenvalue weighted by atomic mass is 10.0. The summed E-state index contributed by atoms with van der Waals surface area (Å²) in [7, 11) is -2.46. The molecule has 4 rings (SSSR count). The van der Waals surface area contributed by atoms with Gasteiger partial charge in [0.25, 0.3) is 0 Å². The van der Waals surface area contributed by atoms with Gasteiger partial charge in [0.2, 0.25) is 11.9 Å². The summed E-state index contributed by atoms with van der Waals surface area (Å²) in [6.45, 7) is 2.03. The predicted octanol–water partition coefficient (Wildman–Crippen LogP) is 1.62. The number of benzene rings is 1. The molecule has 1 saturated heterocycles. The number of nitrogens with zero attached hydrogens (tertiary/aromatic N) is 5. The van der Waals surface area contributed by atoms with Crippen LogP contribution in [0.5, 0.6) is 0 Å². The molecular formula is C22H26N6O3S. The van der Waals surface area contributed by atoms with E-state index in [0.717, 1.165) is 43.5 Å². The summed E-state index contributed by atoms with van der Waals surface area (Å²) in [6.07, 6.45) is 9.98. The predicted molar refractivity (Wildman–Crippen MR) is 120 cm³/mol. The number of nitrogens with one attached hydrogen (secondary N) is 1. The summed E-state index contributed by atoms with van der Waals surface area (Å²) in [5.74, 6) is 0.377. The van der Waals surface area contributed by atoms with Gasteiger partial charge in [-0.1, -0.05) is 30.7 Å². The maximum absolute atomic E-state index is 13.3. The van der Waals surface area contributed by atoms with Crippen molar-refractivity contribution >= 4 is 16.6 Å². The Balaban J connectivity index is 1.51. The van der Waals surface area contributed by atoms with Gasteiger partial charge in [-0.15, -0.1) is 0 Å². The molecule has 3 heterocycles. The minimum atomic E-state index is -2.46. The van der Waals surface area contributed by atoms with Crippen LogP contribution in [0.4, 0.5) is 0 Å². The van der Waals surface area contributed by atoms with Gasteiger partial charge in [-0.3, -0.25) is 14.3 Å². The second-order valence-corrected chi connectivity index (χ2v) is 8.76. The zero-order valence-corrected chi connectivity index (χ0v) is 18.5. The van der Waals surface area contributed by atoms with Crippen LogP contribution in [0.15, 0.2) is 55.2 Å². The molecule has 0 radical (unpaired) electrons. The molecule has 1 amide bonds. The number of carbonyl (C=O) groups excluding carboxylic acids is 1. The van der Waals surface area contributed by atoms with Crippen molar-refractivity contribution in [2.45, 2.75) is 37.6 Å². The molecule has 1 unspecified atom stereocenters. The van der Waals surface area contributed by atoms with Crippen LogP contribution in [-0.4, -0.2) is 51.8 Å². The summed E-state index contributed by atoms with van der Waals surface area (Å²) >= 11 is 0. The van der Waals surface area contributed by atoms with Crippen molar-refractivity contribution in [2.24, 2.45) is 0 Å². The fraction of sp³-hybridized carbons (Fsp3) is 0.364. The lowest BCUT2D eigenvalue weighted by Crippen LogP contribution is -2.43. The van der Waals surface area contributed by atoms with Gasteiger partial charge in [0, 0.05) is 25.1 Å². The normalized spacial score (nSPS) is 15.5. The number of hydrogen-bond acceptors (Lipinski definition) is 7. The van der Waals surface area contributed by atoms with E-state index in [1.54, 1.807) is 47.7 Å². The molecule has 0 aliphatic carbocycles. The smallest absolute Gasteiger partial charge is 0.243 e. The van der Waals surface area contributed by atoms with Crippen molar-refractivity contribution in [3.63, 3.8) is 0 Å². The van der Waals surface area contributed by atoms with Crippen molar-refractivity contribution in [1.29, 1.82) is 0 Å². The number of thiol groups is 1. The Morgan fingerprint density at radius 3 is 2.47 bits per heavy atom. The fourth-order valence-corrected chi connectivity index (χ4v) is 4.39. The highest BCUT2D eigenvalue weighted by Crippen LogP contribution is 2.24. The minimum Gasteiger partial charge on any atom is -0.350 e. The maximum Gasteiger partial charge on any atom is 0.243 e. The quantitative estimate of drug-likeness (QED) is 0.498. The molecule has 0 saturated carbocycles. The van der Waals surface area contributed by atoms with Crippen LogP contribution in [0.3, 0.4) is 0 Å². The first-order valence-electron chi connectivity index (χ1n) is 10.6. The molecule has 0 bridgehead atoms. The van der Waals surface area contributed by atoms with E-state index in [0.29, 0.717) is 18.2 Å². The number of likely N-dealkylation sites (tertiary alicyclic amines) is 1. The third kappa shape index (κ3) is 5.57. The molecule has 2 aromatic heterocycles. The summed E-state index contributed by atoms with van der Waals surface area (Å²) < 4.78 is 23.5. The van der Waals surface area contributed by atoms with Gasteiger partial charge < -0.3 is 5.32 Å². The van der Waals surface area contributed by atoms with Gasteiger partial charge in [0.05, 0.1) is 11.4 Å². The number of hydrogen-bond donors (Lipinski definition) is 2. The Bertz CT molecular complexity index is 1100. The van der Waals surface area contributed by atoms with Crippen LogP contribution in [-0.2, 0) is 27.8 Å². The molecular weight excluding hydrogens is 428 g/mol. The van der Waals surface area contributed by atoms with E-state index in [4.69, 9.17) is 0 Å². The molecule has 3 aromatic rings. The second-order valence-electron chi connectivity index (χ2n) is 7.78. The van der Waals surface area contributed by atoms with Crippen LogP contribution < -0.4 is 5.32 Å². The van der Waals surface area contributed by atoms with Gasteiger partial charge in [-0.2, -0.15) is 0 Å². The van der Waals surface area contributed by atoms with E-state index < -0.39 is 16.7 Å². The Kier molecular flexibility index (Phi) is 7.23. The number of imidazole rings is 1. The van der Waals surface area contributed by atoms with Crippen molar-refractivity contribution < 1.29 is 13.2 Å². The molecule has 9 nitrogen and oxygen atoms in total. The number of aromatic nitrogens is 4. The molecule has 32 heavy (non-hydrogen) atoms. The largest absolute Gasteiger partial charge is 0.350 e. The minimum absolute atomic E-state index is 0.0198. The van der Waals surface area contributed by atoms with E-state index >= 15 is 0 Å². The Morgan fingerprint density at radius 2 is 1.78 bits per heavy atom. The highest BCUT2D eigenvalue weighted by molar-refractivity contribution is 7.71. The van der Waals surface area contributed by atoms with Crippen molar-refractivity contribution in [2.75, 3.05) is 13.1 Å². The standard InChI is InChI=1S/C22H26N6O3S/c29-21(25-14-17-4-6-18(7-5-17)15-32(30)31)20(27-11-2-1-3-12-27)19-8-9-24-22(26-19)28-13-10-23-16-28/h4-10,13,16,20,32H,1-3,11-12,14-15H2,(H,25,29). The van der Waals surface area contributed by atoms with E-state index in [1.807, 2.05) is 12.1 Å². The lowest BCUT2D eigenvalue weighted by Gasteiger charge is -2.33. The number of rotatable bonds is 8. The maximum atomic E-state index is 13.3. The molecule has 1 N–H and O–H groups in total. The zero-order valence-electron chi connectivity index (χ0n) is 17.6. The molecule has 1 aliphatic rings. The number of piperidine rings is 1. The first kappa shape index (κ1) is 22.1. The fourth-order valence-electron chi connectivity index (χ4n) is 3.88. The molecule has 1 aliphatic heterocycles. The first-order chi connectivity index (χ1) is 15.6. The van der Waals surface area contributed by atoms with Gasteiger partial charge in [-0.05, 0) is 43.1 Å². The van der Waals surface area contributed by atoms with Crippen molar-refractivity contribution in [1.82, 2.24) is 29.7 Å². The van der Waals surface area contributed by atoms with Crippen LogP contribution >= 0.6 is 0 Å². The van der Waals surface area contributed by atoms with Crippen LogP contribution in [0.25, 0.3) is 5.95 Å². The first-order valence-corrected chi connectivity index (χ1v) is 12.0. The zero-order chi connectivity index (χ0) is 22.3. The number of carbonyl (C=O) groups is 1. The molecule has 168 valence electrons. The van der Waals surface area contributed by atoms with Crippen LogP contribution in [0.1, 0.15) is 42.1 Å². The summed E-state index contributed by atoms with van der Waals surface area (Å²) in [4.78, 5) is 28.5. The van der Waals surface area contributed by atoms with Gasteiger partial charge >= 0.3 is 0 Å². The Labute approximate surface area is 188 Å². The van der Waals surface area contributed by atoms with Gasteiger partial charge in [0.15, 0.2) is 0 Å². The van der Waals surface area contributed by atoms with E-state index in [2.05, 4.69) is 25.2 Å². The Hall–Kier alpha value is -3.11. The van der Waals surface area contributed by atoms with Crippen LogP contribution in [0, 0.1) is 0 Å². The second kappa shape index (κ2) is 10.5. The summed E-state index contributed by atoms with van der Waals surface area (Å²) in [5.41, 5.74) is 2.29. The highest BCUT2D eigenvalue weighted by atomic mass is 32.2. The monoisotopic (exact) mass is 454 g/mol.